The Morgan fingerprint density at radius 3 is 2.88 bits per heavy atom. The molecule has 1 fully saturated rings. The first-order valence-corrected chi connectivity index (χ1v) is 6.29. The number of aromatic nitrogens is 1. The van der Waals surface area contributed by atoms with Crippen molar-refractivity contribution in [1.82, 2.24) is 4.98 Å². The maximum atomic E-state index is 11.4. The van der Waals surface area contributed by atoms with Crippen LogP contribution in [0.5, 0.6) is 0 Å². The Kier molecular flexibility index (Phi) is 3.14. The Balaban J connectivity index is 2.26. The van der Waals surface area contributed by atoms with Crippen molar-refractivity contribution >= 4 is 22.3 Å². The molecule has 1 heterocycles. The highest BCUT2D eigenvalue weighted by molar-refractivity contribution is 7.16. The van der Waals surface area contributed by atoms with E-state index in [4.69, 9.17) is 5.73 Å². The minimum Gasteiger partial charge on any atom is -0.464 e. The van der Waals surface area contributed by atoms with Crippen LogP contribution in [0.2, 0.25) is 0 Å². The maximum Gasteiger partial charge on any atom is 0.359 e. The average Bonchev–Trinajstić information content (AvgIpc) is 2.83. The van der Waals surface area contributed by atoms with E-state index in [1.165, 1.54) is 31.3 Å². The van der Waals surface area contributed by atoms with Crippen LogP contribution in [0, 0.1) is 5.92 Å². The molecule has 1 aliphatic rings. The van der Waals surface area contributed by atoms with Gasteiger partial charge in [0.05, 0.1) is 12.1 Å². The summed E-state index contributed by atoms with van der Waals surface area (Å²) in [5.74, 6) is 0.660. The van der Waals surface area contributed by atoms with Crippen LogP contribution >= 0.6 is 11.3 Å². The van der Waals surface area contributed by atoms with Crippen molar-refractivity contribution in [1.29, 1.82) is 0 Å². The summed E-state index contributed by atoms with van der Waals surface area (Å²) >= 11 is 1.42. The number of carbonyl (C=O) groups is 1. The number of nitrogens with two attached hydrogens (primary N) is 1. The van der Waals surface area contributed by atoms with Gasteiger partial charge < -0.3 is 10.5 Å². The van der Waals surface area contributed by atoms with Gasteiger partial charge in [0, 0.05) is 5.92 Å². The molecule has 2 atom stereocenters. The van der Waals surface area contributed by atoms with Gasteiger partial charge in [-0.1, -0.05) is 19.8 Å². The van der Waals surface area contributed by atoms with Crippen LogP contribution < -0.4 is 5.73 Å². The van der Waals surface area contributed by atoms with Crippen LogP contribution in [0.1, 0.15) is 47.6 Å². The van der Waals surface area contributed by atoms with Gasteiger partial charge in [0.15, 0.2) is 5.69 Å². The summed E-state index contributed by atoms with van der Waals surface area (Å²) in [5, 5.41) is 1.46. The van der Waals surface area contributed by atoms with Gasteiger partial charge in [-0.25, -0.2) is 9.78 Å². The van der Waals surface area contributed by atoms with E-state index in [0.29, 0.717) is 16.8 Å². The molecule has 2 unspecified atom stereocenters. The monoisotopic (exact) mass is 240 g/mol. The van der Waals surface area contributed by atoms with Crippen molar-refractivity contribution < 1.29 is 9.53 Å². The van der Waals surface area contributed by atoms with Crippen LogP contribution in [-0.2, 0) is 4.74 Å². The number of methoxy groups -OCH3 is 1. The molecule has 0 aromatic carbocycles. The number of thiazole rings is 1. The zero-order valence-corrected chi connectivity index (χ0v) is 10.3. The summed E-state index contributed by atoms with van der Waals surface area (Å²) in [5.41, 5.74) is 6.07. The average molecular weight is 240 g/mol. The standard InChI is InChI=1S/C11H16N2O2S/c1-6-4-3-5-7(6)10-13-8(9(12)16-10)11(14)15-2/h6-7H,3-5,12H2,1-2H3. The van der Waals surface area contributed by atoms with Gasteiger partial charge in [0.25, 0.3) is 0 Å². The van der Waals surface area contributed by atoms with Crippen molar-refractivity contribution in [3.63, 3.8) is 0 Å². The molecule has 0 bridgehead atoms. The smallest absolute Gasteiger partial charge is 0.359 e. The first-order valence-electron chi connectivity index (χ1n) is 5.48. The number of esters is 1. The first kappa shape index (κ1) is 11.4. The molecule has 1 aromatic heterocycles. The minimum absolute atomic E-state index is 0.279. The number of carbonyl (C=O) groups excluding carboxylic acids is 1. The van der Waals surface area contributed by atoms with Gasteiger partial charge in [-0.15, -0.1) is 11.3 Å². The van der Waals surface area contributed by atoms with Crippen molar-refractivity contribution in [2.24, 2.45) is 5.92 Å². The molecule has 4 nitrogen and oxygen atoms in total. The Morgan fingerprint density at radius 2 is 2.31 bits per heavy atom. The second-order valence-electron chi connectivity index (χ2n) is 4.27. The molecule has 0 aliphatic heterocycles. The molecule has 1 saturated carbocycles. The third-order valence-electron chi connectivity index (χ3n) is 3.23. The number of anilines is 1. The highest BCUT2D eigenvalue weighted by Gasteiger charge is 2.29. The number of nitrogen functional groups attached to an aromatic ring is 1. The molecular weight excluding hydrogens is 224 g/mol. The van der Waals surface area contributed by atoms with E-state index >= 15 is 0 Å². The number of nitrogens with zero attached hydrogens (tertiary/aromatic N) is 1. The van der Waals surface area contributed by atoms with Crippen LogP contribution in [0.25, 0.3) is 0 Å². The molecule has 0 amide bonds. The van der Waals surface area contributed by atoms with Gasteiger partial charge in [-0.2, -0.15) is 0 Å². The molecule has 1 aromatic rings. The Bertz CT molecular complexity index is 403. The summed E-state index contributed by atoms with van der Waals surface area (Å²) < 4.78 is 4.65. The fraction of sp³-hybridized carbons (Fsp3) is 0.636. The van der Waals surface area contributed by atoms with Crippen molar-refractivity contribution in [2.45, 2.75) is 32.1 Å². The largest absolute Gasteiger partial charge is 0.464 e. The zero-order chi connectivity index (χ0) is 11.7. The van der Waals surface area contributed by atoms with E-state index < -0.39 is 5.97 Å². The van der Waals surface area contributed by atoms with Crippen LogP contribution in [-0.4, -0.2) is 18.1 Å². The molecule has 5 heteroatoms. The lowest BCUT2D eigenvalue weighted by molar-refractivity contribution is 0.0596. The van der Waals surface area contributed by atoms with E-state index in [1.807, 2.05) is 0 Å². The first-order chi connectivity index (χ1) is 7.63. The second-order valence-corrected chi connectivity index (χ2v) is 5.33. The lowest BCUT2D eigenvalue weighted by Crippen LogP contribution is -2.06. The van der Waals surface area contributed by atoms with Gasteiger partial charge in [-0.3, -0.25) is 0 Å². The lowest BCUT2D eigenvalue weighted by atomic mass is 9.99. The third kappa shape index (κ3) is 1.91. The molecule has 16 heavy (non-hydrogen) atoms. The third-order valence-corrected chi connectivity index (χ3v) is 4.24. The zero-order valence-electron chi connectivity index (χ0n) is 9.53. The second kappa shape index (κ2) is 4.41. The molecule has 0 saturated heterocycles. The van der Waals surface area contributed by atoms with E-state index in [0.717, 1.165) is 11.4 Å². The fourth-order valence-electron chi connectivity index (χ4n) is 2.26. The van der Waals surface area contributed by atoms with E-state index in [9.17, 15) is 4.79 Å². The molecular formula is C11H16N2O2S. The number of hydrogen-bond acceptors (Lipinski definition) is 5. The summed E-state index contributed by atoms with van der Waals surface area (Å²) in [6.45, 7) is 2.23. The van der Waals surface area contributed by atoms with Gasteiger partial charge in [-0.05, 0) is 12.3 Å². The molecule has 2 rings (SSSR count). The molecule has 88 valence electrons. The van der Waals surface area contributed by atoms with E-state index in [-0.39, 0.29) is 5.69 Å². The SMILES string of the molecule is COC(=O)c1nc(C2CCCC2C)sc1N. The number of ether oxygens (including phenoxy) is 1. The predicted octanol–water partition coefficient (Wildman–Crippen LogP) is 2.42. The Morgan fingerprint density at radius 1 is 1.56 bits per heavy atom. The fourth-order valence-corrected chi connectivity index (χ4v) is 3.35. The molecule has 0 radical (unpaired) electrons. The quantitative estimate of drug-likeness (QED) is 0.806. The maximum absolute atomic E-state index is 11.4. The Labute approximate surface area is 98.8 Å². The number of rotatable bonds is 2. The highest BCUT2D eigenvalue weighted by atomic mass is 32.1. The predicted molar refractivity (Wildman–Crippen MR) is 63.6 cm³/mol. The van der Waals surface area contributed by atoms with E-state index in [1.54, 1.807) is 0 Å². The molecule has 2 N–H and O–H groups in total. The van der Waals surface area contributed by atoms with Gasteiger partial charge in [0.2, 0.25) is 0 Å². The van der Waals surface area contributed by atoms with Crippen LogP contribution in [0.15, 0.2) is 0 Å². The summed E-state index contributed by atoms with van der Waals surface area (Å²) in [4.78, 5) is 15.7. The van der Waals surface area contributed by atoms with Crippen molar-refractivity contribution in [3.05, 3.63) is 10.7 Å². The highest BCUT2D eigenvalue weighted by Crippen LogP contribution is 2.42. The summed E-state index contributed by atoms with van der Waals surface area (Å²) in [6, 6.07) is 0. The van der Waals surface area contributed by atoms with Crippen molar-refractivity contribution in [2.75, 3.05) is 12.8 Å². The topological polar surface area (TPSA) is 65.2 Å². The Hall–Kier alpha value is -1.10. The normalized spacial score (nSPS) is 24.6. The molecule has 1 aliphatic carbocycles. The van der Waals surface area contributed by atoms with Crippen LogP contribution in [0.3, 0.4) is 0 Å². The van der Waals surface area contributed by atoms with Gasteiger partial charge >= 0.3 is 5.97 Å². The minimum atomic E-state index is -0.439. The van der Waals surface area contributed by atoms with Crippen LogP contribution in [0.4, 0.5) is 5.00 Å². The lowest BCUT2D eigenvalue weighted by Gasteiger charge is -2.10. The summed E-state index contributed by atoms with van der Waals surface area (Å²) in [7, 11) is 1.35. The van der Waals surface area contributed by atoms with E-state index in [2.05, 4.69) is 16.6 Å². The number of hydrogen-bond donors (Lipinski definition) is 1. The summed E-state index contributed by atoms with van der Waals surface area (Å²) in [6.07, 6.45) is 3.62. The molecule has 0 spiro atoms. The van der Waals surface area contributed by atoms with Crippen molar-refractivity contribution in [3.8, 4) is 0 Å². The van der Waals surface area contributed by atoms with Gasteiger partial charge in [0.1, 0.15) is 5.00 Å².